The van der Waals surface area contributed by atoms with Crippen LogP contribution in [0.25, 0.3) is 0 Å². The fourth-order valence-electron chi connectivity index (χ4n) is 1.77. The fourth-order valence-corrected chi connectivity index (χ4v) is 1.77. The Hall–Kier alpha value is -2.70. The van der Waals surface area contributed by atoms with Gasteiger partial charge in [-0.1, -0.05) is 11.2 Å². The second kappa shape index (κ2) is 6.46. The summed E-state index contributed by atoms with van der Waals surface area (Å²) in [5, 5.41) is 11.7. The van der Waals surface area contributed by atoms with Crippen molar-refractivity contribution in [3.63, 3.8) is 0 Å². The van der Waals surface area contributed by atoms with Crippen molar-refractivity contribution in [1.82, 2.24) is 15.0 Å². The van der Waals surface area contributed by atoms with E-state index in [0.29, 0.717) is 18.1 Å². The summed E-state index contributed by atoms with van der Waals surface area (Å²) in [6.07, 6.45) is 5.60. The maximum absolute atomic E-state index is 8.77. The minimum Gasteiger partial charge on any atom is -0.409 e. The summed E-state index contributed by atoms with van der Waals surface area (Å²) in [5.74, 6) is 0.511. The Labute approximate surface area is 116 Å². The Morgan fingerprint density at radius 2 is 2.05 bits per heavy atom. The van der Waals surface area contributed by atoms with Gasteiger partial charge in [-0.2, -0.15) is 0 Å². The summed E-state index contributed by atoms with van der Waals surface area (Å²) >= 11 is 0. The van der Waals surface area contributed by atoms with E-state index in [0.717, 1.165) is 12.1 Å². The predicted octanol–water partition coefficient (Wildman–Crippen LogP) is 0.645. The minimum absolute atomic E-state index is 0.0576. The van der Waals surface area contributed by atoms with Gasteiger partial charge < -0.3 is 15.8 Å². The Balaban J connectivity index is 2.11. The van der Waals surface area contributed by atoms with Gasteiger partial charge >= 0.3 is 0 Å². The number of pyridine rings is 1. The number of aromatic nitrogens is 3. The first kappa shape index (κ1) is 13.7. The second-order valence-electron chi connectivity index (χ2n) is 4.21. The molecular weight excluding hydrogens is 256 g/mol. The fraction of sp³-hybridized carbons (Fsp3) is 0.231. The first-order valence-corrected chi connectivity index (χ1v) is 6.12. The Morgan fingerprint density at radius 1 is 1.25 bits per heavy atom. The zero-order valence-corrected chi connectivity index (χ0v) is 11.1. The Morgan fingerprint density at radius 3 is 2.75 bits per heavy atom. The molecule has 2 heterocycles. The molecule has 0 saturated heterocycles. The van der Waals surface area contributed by atoms with Crippen LogP contribution < -0.4 is 10.6 Å². The summed E-state index contributed by atoms with van der Waals surface area (Å²) < 4.78 is 0. The van der Waals surface area contributed by atoms with Crippen LogP contribution in [0.15, 0.2) is 41.9 Å². The summed E-state index contributed by atoms with van der Waals surface area (Å²) in [5.41, 5.74) is 6.95. The van der Waals surface area contributed by atoms with Crippen LogP contribution in [0.2, 0.25) is 0 Å². The lowest BCUT2D eigenvalue weighted by molar-refractivity contribution is 0.318. The molecule has 7 nitrogen and oxygen atoms in total. The van der Waals surface area contributed by atoms with Gasteiger partial charge in [-0.05, 0) is 12.1 Å². The highest BCUT2D eigenvalue weighted by Gasteiger charge is 2.13. The standard InChI is InChI=1S/C13H16N6O/c1-19(9-5-10-4-2-3-6-15-10)13-11(12(14)18-20)16-7-8-17-13/h2-4,6-8,20H,5,9H2,1H3,(H2,14,18). The third-order valence-corrected chi connectivity index (χ3v) is 2.82. The molecule has 3 N–H and O–H groups in total. The van der Waals surface area contributed by atoms with E-state index in [1.807, 2.05) is 30.1 Å². The van der Waals surface area contributed by atoms with Crippen LogP contribution in [0.3, 0.4) is 0 Å². The lowest BCUT2D eigenvalue weighted by Crippen LogP contribution is -2.27. The molecule has 0 unspecified atom stereocenters. The van der Waals surface area contributed by atoms with Gasteiger partial charge in [-0.15, -0.1) is 0 Å². The SMILES string of the molecule is CN(CCc1ccccn1)c1nccnc1C(N)=NO. The summed E-state index contributed by atoms with van der Waals surface area (Å²) in [6.45, 7) is 0.696. The number of nitrogens with zero attached hydrogens (tertiary/aromatic N) is 5. The highest BCUT2D eigenvalue weighted by molar-refractivity contribution is 5.99. The van der Waals surface area contributed by atoms with E-state index in [1.54, 1.807) is 12.4 Å². The Bertz CT molecular complexity index is 586. The van der Waals surface area contributed by atoms with Gasteiger partial charge in [0.05, 0.1) is 0 Å². The number of anilines is 1. The van der Waals surface area contributed by atoms with Crippen molar-refractivity contribution >= 4 is 11.7 Å². The first-order valence-electron chi connectivity index (χ1n) is 6.12. The molecule has 0 aromatic carbocycles. The van der Waals surface area contributed by atoms with E-state index in [-0.39, 0.29) is 5.84 Å². The minimum atomic E-state index is -0.0576. The van der Waals surface area contributed by atoms with E-state index in [9.17, 15) is 0 Å². The maximum Gasteiger partial charge on any atom is 0.192 e. The van der Waals surface area contributed by atoms with Crippen LogP contribution >= 0.6 is 0 Å². The lowest BCUT2D eigenvalue weighted by atomic mass is 10.2. The quantitative estimate of drug-likeness (QED) is 0.358. The summed E-state index contributed by atoms with van der Waals surface area (Å²) in [7, 11) is 1.88. The zero-order chi connectivity index (χ0) is 14.4. The van der Waals surface area contributed by atoms with E-state index < -0.39 is 0 Å². The molecule has 0 saturated carbocycles. The molecule has 104 valence electrons. The summed E-state index contributed by atoms with van der Waals surface area (Å²) in [6, 6.07) is 5.80. The van der Waals surface area contributed by atoms with Crippen molar-refractivity contribution in [1.29, 1.82) is 0 Å². The molecular formula is C13H16N6O. The average Bonchev–Trinajstić information content (AvgIpc) is 2.52. The van der Waals surface area contributed by atoms with Gasteiger partial charge in [-0.25, -0.2) is 9.97 Å². The van der Waals surface area contributed by atoms with E-state index in [4.69, 9.17) is 10.9 Å². The van der Waals surface area contributed by atoms with Crippen molar-refractivity contribution in [2.24, 2.45) is 10.9 Å². The van der Waals surface area contributed by atoms with Gasteiger partial charge in [0.1, 0.15) is 0 Å². The van der Waals surface area contributed by atoms with Crippen LogP contribution in [0.5, 0.6) is 0 Å². The van der Waals surface area contributed by atoms with Gasteiger partial charge in [-0.3, -0.25) is 4.98 Å². The maximum atomic E-state index is 8.77. The highest BCUT2D eigenvalue weighted by Crippen LogP contribution is 2.13. The second-order valence-corrected chi connectivity index (χ2v) is 4.21. The molecule has 0 aliphatic rings. The van der Waals surface area contributed by atoms with Crippen LogP contribution in [0, 0.1) is 0 Å². The summed E-state index contributed by atoms with van der Waals surface area (Å²) in [4.78, 5) is 14.5. The molecule has 0 amide bonds. The predicted molar refractivity (Wildman–Crippen MR) is 75.8 cm³/mol. The molecule has 0 radical (unpaired) electrons. The average molecular weight is 272 g/mol. The number of hydrogen-bond donors (Lipinski definition) is 2. The molecule has 2 aromatic heterocycles. The monoisotopic (exact) mass is 272 g/mol. The number of amidine groups is 1. The molecule has 0 bridgehead atoms. The van der Waals surface area contributed by atoms with Crippen molar-refractivity contribution < 1.29 is 5.21 Å². The van der Waals surface area contributed by atoms with Crippen LogP contribution in [0.4, 0.5) is 5.82 Å². The van der Waals surface area contributed by atoms with E-state index in [1.165, 1.54) is 6.20 Å². The third-order valence-electron chi connectivity index (χ3n) is 2.82. The van der Waals surface area contributed by atoms with Crippen molar-refractivity contribution in [3.05, 3.63) is 48.2 Å². The van der Waals surface area contributed by atoms with Gasteiger partial charge in [0.25, 0.3) is 0 Å². The lowest BCUT2D eigenvalue weighted by Gasteiger charge is -2.19. The van der Waals surface area contributed by atoms with Crippen LogP contribution in [0.1, 0.15) is 11.4 Å². The zero-order valence-electron chi connectivity index (χ0n) is 11.1. The topological polar surface area (TPSA) is 101 Å². The Kier molecular flexibility index (Phi) is 4.43. The van der Waals surface area contributed by atoms with Gasteiger partial charge in [0.2, 0.25) is 0 Å². The molecule has 0 spiro atoms. The van der Waals surface area contributed by atoms with E-state index in [2.05, 4.69) is 20.1 Å². The molecule has 0 aliphatic carbocycles. The number of oxime groups is 1. The molecule has 7 heteroatoms. The molecule has 2 rings (SSSR count). The highest BCUT2D eigenvalue weighted by atomic mass is 16.4. The van der Waals surface area contributed by atoms with Crippen molar-refractivity contribution in [3.8, 4) is 0 Å². The van der Waals surface area contributed by atoms with Crippen LogP contribution in [-0.2, 0) is 6.42 Å². The van der Waals surface area contributed by atoms with Gasteiger partial charge in [0, 0.05) is 44.3 Å². The molecule has 0 aliphatic heterocycles. The molecule has 20 heavy (non-hydrogen) atoms. The van der Waals surface area contributed by atoms with Gasteiger partial charge in [0.15, 0.2) is 17.3 Å². The normalized spacial score (nSPS) is 11.3. The number of hydrogen-bond acceptors (Lipinski definition) is 6. The van der Waals surface area contributed by atoms with E-state index >= 15 is 0 Å². The molecule has 2 aromatic rings. The molecule has 0 atom stereocenters. The number of nitrogens with two attached hydrogens (primary N) is 1. The van der Waals surface area contributed by atoms with Crippen molar-refractivity contribution in [2.45, 2.75) is 6.42 Å². The third kappa shape index (κ3) is 3.19. The number of likely N-dealkylation sites (N-methyl/N-ethyl adjacent to an activating group) is 1. The van der Waals surface area contributed by atoms with Crippen molar-refractivity contribution in [2.75, 3.05) is 18.5 Å². The van der Waals surface area contributed by atoms with Crippen LogP contribution in [-0.4, -0.2) is 39.6 Å². The molecule has 0 fully saturated rings. The largest absolute Gasteiger partial charge is 0.409 e. The first-order chi connectivity index (χ1) is 9.72. The number of rotatable bonds is 5. The smallest absolute Gasteiger partial charge is 0.192 e.